The highest BCUT2D eigenvalue weighted by atomic mass is 35.5. The zero-order chi connectivity index (χ0) is 22.7. The summed E-state index contributed by atoms with van der Waals surface area (Å²) < 4.78 is 15.9. The van der Waals surface area contributed by atoms with Crippen LogP contribution in [-0.2, 0) is 13.1 Å². The number of hydrogen-bond donors (Lipinski definition) is 0. The summed E-state index contributed by atoms with van der Waals surface area (Å²) in [4.78, 5) is 9.22. The molecule has 1 aromatic carbocycles. The molecule has 0 atom stereocenters. The number of anilines is 1. The number of nitrogens with zero attached hydrogens (tertiary/aromatic N) is 6. The lowest BCUT2D eigenvalue weighted by Crippen LogP contribution is -2.34. The number of fused-ring (bicyclic) bond motifs is 3. The fourth-order valence-corrected chi connectivity index (χ4v) is 5.44. The molecule has 0 spiro atoms. The van der Waals surface area contributed by atoms with Gasteiger partial charge in [0.25, 0.3) is 0 Å². The van der Waals surface area contributed by atoms with Crippen LogP contribution in [0, 0.1) is 12.7 Å². The Hall–Kier alpha value is -2.51. The molecule has 6 rings (SSSR count). The number of rotatable bonds is 3. The average Bonchev–Trinajstić information content (AvgIpc) is 3.47. The molecule has 4 heterocycles. The van der Waals surface area contributed by atoms with E-state index >= 15 is 0 Å². The van der Waals surface area contributed by atoms with E-state index in [2.05, 4.69) is 43.5 Å². The molecule has 33 heavy (non-hydrogen) atoms. The van der Waals surface area contributed by atoms with Gasteiger partial charge in [-0.3, -0.25) is 9.47 Å². The molecule has 3 aliphatic rings. The number of hydrogen-bond acceptors (Lipinski definition) is 5. The average molecular weight is 467 g/mol. The van der Waals surface area contributed by atoms with Crippen molar-refractivity contribution in [2.75, 3.05) is 18.0 Å². The van der Waals surface area contributed by atoms with E-state index in [1.54, 1.807) is 13.0 Å². The molecular weight excluding hydrogens is 439 g/mol. The van der Waals surface area contributed by atoms with Gasteiger partial charge in [-0.25, -0.2) is 9.37 Å². The Morgan fingerprint density at radius 2 is 1.85 bits per heavy atom. The third kappa shape index (κ3) is 3.71. The van der Waals surface area contributed by atoms with Crippen LogP contribution in [0.4, 0.5) is 10.2 Å². The first-order valence-electron chi connectivity index (χ1n) is 11.8. The second kappa shape index (κ2) is 7.77. The SMILES string of the molecule is Cc1nc(N2CCC(c3nnc4n3-c3ccc(Cl)cc3CN(C3(C)CC3)C4)CC2)ccc1F. The van der Waals surface area contributed by atoms with Gasteiger partial charge in [-0.1, -0.05) is 11.6 Å². The normalized spacial score (nSPS) is 20.3. The van der Waals surface area contributed by atoms with Gasteiger partial charge in [0.05, 0.1) is 17.9 Å². The van der Waals surface area contributed by atoms with Crippen molar-refractivity contribution in [2.24, 2.45) is 0 Å². The largest absolute Gasteiger partial charge is 0.357 e. The lowest BCUT2D eigenvalue weighted by Gasteiger charge is -2.32. The first-order valence-corrected chi connectivity index (χ1v) is 12.2. The van der Waals surface area contributed by atoms with Crippen LogP contribution in [-0.4, -0.2) is 43.3 Å². The Morgan fingerprint density at radius 1 is 1.06 bits per heavy atom. The molecule has 2 aromatic heterocycles. The monoisotopic (exact) mass is 466 g/mol. The molecule has 2 aliphatic heterocycles. The zero-order valence-corrected chi connectivity index (χ0v) is 19.8. The maximum atomic E-state index is 13.6. The summed E-state index contributed by atoms with van der Waals surface area (Å²) >= 11 is 6.40. The summed E-state index contributed by atoms with van der Waals surface area (Å²) in [6, 6.07) is 9.47. The second-order valence-electron chi connectivity index (χ2n) is 9.93. The van der Waals surface area contributed by atoms with E-state index in [4.69, 9.17) is 16.7 Å². The third-order valence-corrected chi connectivity index (χ3v) is 7.89. The van der Waals surface area contributed by atoms with Gasteiger partial charge >= 0.3 is 0 Å². The zero-order valence-electron chi connectivity index (χ0n) is 19.1. The van der Waals surface area contributed by atoms with Gasteiger partial charge < -0.3 is 4.90 Å². The molecule has 1 saturated heterocycles. The minimum Gasteiger partial charge on any atom is -0.357 e. The molecular formula is C25H28ClFN6. The lowest BCUT2D eigenvalue weighted by molar-refractivity contribution is 0.170. The van der Waals surface area contributed by atoms with Crippen LogP contribution < -0.4 is 4.90 Å². The standard InChI is InChI=1S/C25H28ClFN6/c1-16-20(27)4-6-22(28-16)31-11-7-17(8-12-31)24-30-29-23-15-32(25(2)9-10-25)14-18-13-19(26)3-5-21(18)33(23)24/h3-6,13,17H,7-12,14-15H2,1-2H3. The highest BCUT2D eigenvalue weighted by molar-refractivity contribution is 6.30. The van der Waals surface area contributed by atoms with Gasteiger partial charge in [-0.15, -0.1) is 10.2 Å². The Morgan fingerprint density at radius 3 is 2.58 bits per heavy atom. The van der Waals surface area contributed by atoms with Gasteiger partial charge in [-0.05, 0) is 75.4 Å². The molecule has 3 aromatic rings. The Kier molecular flexibility index (Phi) is 4.96. The summed E-state index contributed by atoms with van der Waals surface area (Å²) in [5.41, 5.74) is 3.08. The lowest BCUT2D eigenvalue weighted by atomic mass is 9.95. The molecule has 0 amide bonds. The molecule has 172 valence electrons. The fraction of sp³-hybridized carbons (Fsp3) is 0.480. The van der Waals surface area contributed by atoms with Crippen LogP contribution in [0.1, 0.15) is 61.4 Å². The number of aromatic nitrogens is 4. The van der Waals surface area contributed by atoms with E-state index < -0.39 is 0 Å². The number of halogens is 2. The molecule has 6 nitrogen and oxygen atoms in total. The summed E-state index contributed by atoms with van der Waals surface area (Å²) in [7, 11) is 0. The van der Waals surface area contributed by atoms with E-state index in [0.29, 0.717) is 11.6 Å². The highest BCUT2D eigenvalue weighted by Gasteiger charge is 2.45. The molecule has 0 unspecified atom stereocenters. The second-order valence-corrected chi connectivity index (χ2v) is 10.4. The van der Waals surface area contributed by atoms with Crippen molar-refractivity contribution in [1.82, 2.24) is 24.6 Å². The molecule has 0 radical (unpaired) electrons. The summed E-state index contributed by atoms with van der Waals surface area (Å²) in [6.07, 6.45) is 4.36. The van der Waals surface area contributed by atoms with Crippen molar-refractivity contribution in [1.29, 1.82) is 0 Å². The van der Waals surface area contributed by atoms with Gasteiger partial charge in [0.15, 0.2) is 5.82 Å². The molecule has 0 N–H and O–H groups in total. The van der Waals surface area contributed by atoms with E-state index in [1.165, 1.54) is 24.5 Å². The third-order valence-electron chi connectivity index (χ3n) is 7.66. The van der Waals surface area contributed by atoms with Crippen molar-refractivity contribution >= 4 is 17.4 Å². The van der Waals surface area contributed by atoms with E-state index in [-0.39, 0.29) is 11.4 Å². The maximum Gasteiger partial charge on any atom is 0.151 e. The number of pyridine rings is 1. The summed E-state index contributed by atoms with van der Waals surface area (Å²) in [6.45, 7) is 7.46. The van der Waals surface area contributed by atoms with E-state index in [1.807, 2.05) is 6.07 Å². The predicted octanol–water partition coefficient (Wildman–Crippen LogP) is 5.02. The first-order chi connectivity index (χ1) is 15.9. The van der Waals surface area contributed by atoms with Gasteiger partial charge in [0, 0.05) is 36.1 Å². The minimum absolute atomic E-state index is 0.243. The summed E-state index contributed by atoms with van der Waals surface area (Å²) in [5.74, 6) is 2.96. The fourth-order valence-electron chi connectivity index (χ4n) is 5.24. The molecule has 8 heteroatoms. The van der Waals surface area contributed by atoms with Crippen LogP contribution in [0.5, 0.6) is 0 Å². The van der Waals surface area contributed by atoms with Crippen molar-refractivity contribution in [3.63, 3.8) is 0 Å². The Balaban J connectivity index is 1.30. The number of aryl methyl sites for hydroxylation is 1. The molecule has 1 aliphatic carbocycles. The van der Waals surface area contributed by atoms with Crippen LogP contribution >= 0.6 is 11.6 Å². The molecule has 2 fully saturated rings. The number of benzene rings is 1. The van der Waals surface area contributed by atoms with Crippen molar-refractivity contribution in [2.45, 2.75) is 64.1 Å². The Labute approximate surface area is 198 Å². The van der Waals surface area contributed by atoms with Crippen LogP contribution in [0.3, 0.4) is 0 Å². The van der Waals surface area contributed by atoms with Crippen molar-refractivity contribution in [3.8, 4) is 5.69 Å². The summed E-state index contributed by atoms with van der Waals surface area (Å²) in [5, 5.41) is 10.2. The Bertz CT molecular complexity index is 1210. The van der Waals surface area contributed by atoms with Crippen molar-refractivity contribution < 1.29 is 4.39 Å². The van der Waals surface area contributed by atoms with Gasteiger partial charge in [0.1, 0.15) is 17.5 Å². The van der Waals surface area contributed by atoms with E-state index in [0.717, 1.165) is 67.2 Å². The van der Waals surface area contributed by atoms with Crippen LogP contribution in [0.2, 0.25) is 5.02 Å². The topological polar surface area (TPSA) is 50.1 Å². The first kappa shape index (κ1) is 21.1. The quantitative estimate of drug-likeness (QED) is 0.542. The highest BCUT2D eigenvalue weighted by Crippen LogP contribution is 2.44. The van der Waals surface area contributed by atoms with E-state index in [9.17, 15) is 4.39 Å². The number of piperidine rings is 1. The van der Waals surface area contributed by atoms with Crippen LogP contribution in [0.25, 0.3) is 5.69 Å². The smallest absolute Gasteiger partial charge is 0.151 e. The minimum atomic E-state index is -0.257. The van der Waals surface area contributed by atoms with Gasteiger partial charge in [-0.2, -0.15) is 0 Å². The van der Waals surface area contributed by atoms with Crippen molar-refractivity contribution in [3.05, 3.63) is 64.1 Å². The molecule has 1 saturated carbocycles. The molecule has 0 bridgehead atoms. The maximum absolute atomic E-state index is 13.6. The predicted molar refractivity (Wildman–Crippen MR) is 126 cm³/mol. The van der Waals surface area contributed by atoms with Crippen LogP contribution in [0.15, 0.2) is 30.3 Å². The van der Waals surface area contributed by atoms with Gasteiger partial charge in [0.2, 0.25) is 0 Å².